The van der Waals surface area contributed by atoms with Gasteiger partial charge in [0.05, 0.1) is 21.2 Å². The monoisotopic (exact) mass is 418 g/mol. The molecule has 0 N–H and O–H groups in total. The molecule has 0 bridgehead atoms. The Morgan fingerprint density at radius 3 is 1.67 bits per heavy atom. The zero-order valence-corrected chi connectivity index (χ0v) is 20.7. The first-order chi connectivity index (χ1) is 10.2. The van der Waals surface area contributed by atoms with Crippen molar-refractivity contribution in [3.05, 3.63) is 48.5 Å². The van der Waals surface area contributed by atoms with E-state index < -0.39 is 30.0 Å². The van der Waals surface area contributed by atoms with Crippen LogP contribution in [-0.4, -0.2) is 25.9 Å². The van der Waals surface area contributed by atoms with E-state index in [-0.39, 0.29) is 114 Å². The van der Waals surface area contributed by atoms with Crippen molar-refractivity contribution >= 4 is 31.6 Å². The maximum absolute atomic E-state index is 10.9. The maximum Gasteiger partial charge on any atom is 1.00 e. The van der Waals surface area contributed by atoms with Crippen LogP contribution in [-0.2, 0) is 20.2 Å². The summed E-state index contributed by atoms with van der Waals surface area (Å²) in [4.78, 5) is -0.831. The Bertz CT molecular complexity index is 928. The first-order valence-corrected chi connectivity index (χ1v) is 8.51. The Balaban J connectivity index is 0.00000264. The zero-order valence-electron chi connectivity index (χ0n) is 12.8. The van der Waals surface area contributed by atoms with Gasteiger partial charge in [0.25, 0.3) is 0 Å². The van der Waals surface area contributed by atoms with Gasteiger partial charge in [-0.15, -0.1) is 0 Å². The van der Waals surface area contributed by atoms with Crippen molar-refractivity contribution in [3.63, 3.8) is 0 Å². The molecular weight excluding hydrogens is 410 g/mol. The van der Waals surface area contributed by atoms with Crippen molar-refractivity contribution in [2.45, 2.75) is 9.79 Å². The molecule has 2 aromatic rings. The van der Waals surface area contributed by atoms with E-state index in [4.69, 9.17) is 0 Å². The summed E-state index contributed by atoms with van der Waals surface area (Å²) in [6, 6.07) is 9.66. The van der Waals surface area contributed by atoms with Gasteiger partial charge < -0.3 is 9.11 Å². The van der Waals surface area contributed by atoms with Gasteiger partial charge in [-0.1, -0.05) is 6.07 Å². The number of hydrogen-bond donors (Lipinski definition) is 0. The molecule has 0 amide bonds. The van der Waals surface area contributed by atoms with E-state index >= 15 is 0 Å². The summed E-state index contributed by atoms with van der Waals surface area (Å²) in [6.07, 6.45) is 0. The van der Waals surface area contributed by atoms with E-state index in [1.54, 1.807) is 0 Å². The molecule has 2 rings (SSSR count). The molecule has 2 aromatic carbocycles. The normalized spacial score (nSPS) is 11.6. The molecule has 8 nitrogen and oxygen atoms in total. The summed E-state index contributed by atoms with van der Waals surface area (Å²) in [5, 5.41) is 7.49. The van der Waals surface area contributed by atoms with E-state index in [0.717, 1.165) is 24.3 Å². The molecule has 0 fully saturated rings. The van der Waals surface area contributed by atoms with Crippen LogP contribution in [0.4, 0.5) is 11.4 Å². The van der Waals surface area contributed by atoms with Crippen LogP contribution in [0.15, 0.2) is 68.6 Å². The Morgan fingerprint density at radius 2 is 1.17 bits per heavy atom. The van der Waals surface area contributed by atoms with Crippen LogP contribution in [0.5, 0.6) is 0 Å². The Morgan fingerprint density at radius 1 is 0.667 bits per heavy atom. The second kappa shape index (κ2) is 10.5. The largest absolute Gasteiger partial charge is 1.00 e. The fourth-order valence-electron chi connectivity index (χ4n) is 1.50. The Kier molecular flexibility index (Phi) is 11.0. The first-order valence-electron chi connectivity index (χ1n) is 5.70. The summed E-state index contributed by atoms with van der Waals surface area (Å²) in [5.41, 5.74) is 0.389. The summed E-state index contributed by atoms with van der Waals surface area (Å²) >= 11 is 0. The summed E-state index contributed by atoms with van der Waals surface area (Å²) in [7, 11) is -9.12. The van der Waals surface area contributed by atoms with Crippen molar-refractivity contribution in [1.82, 2.24) is 0 Å². The van der Waals surface area contributed by atoms with E-state index in [2.05, 4.69) is 10.2 Å². The molecule has 0 heterocycles. The molecule has 0 aliphatic heterocycles. The fourth-order valence-corrected chi connectivity index (χ4v) is 2.48. The van der Waals surface area contributed by atoms with Crippen LogP contribution in [0.3, 0.4) is 0 Å². The van der Waals surface area contributed by atoms with Crippen LogP contribution < -0.4 is 103 Å². The summed E-state index contributed by atoms with van der Waals surface area (Å²) in [5.74, 6) is 0. The molecule has 0 radical (unpaired) electrons. The molecule has 0 atom stereocenters. The molecule has 0 saturated heterocycles. The van der Waals surface area contributed by atoms with Gasteiger partial charge in [0.1, 0.15) is 20.2 Å². The second-order valence-corrected chi connectivity index (χ2v) is 6.86. The van der Waals surface area contributed by atoms with Crippen molar-refractivity contribution in [3.8, 4) is 0 Å². The van der Waals surface area contributed by atoms with Crippen LogP contribution in [0, 0.1) is 0 Å². The van der Waals surface area contributed by atoms with E-state index in [9.17, 15) is 25.9 Å². The van der Waals surface area contributed by atoms with E-state index in [1.807, 2.05) is 0 Å². The van der Waals surface area contributed by atoms with Gasteiger partial charge in [-0.05, 0) is 42.5 Å². The summed E-state index contributed by atoms with van der Waals surface area (Å²) < 4.78 is 64.9. The molecule has 0 aromatic heterocycles. The fraction of sp³-hybridized carbons (Fsp3) is 0. The minimum absolute atomic E-state index is 0. The first kappa shape index (κ1) is 25.1. The smallest absolute Gasteiger partial charge is 0.744 e. The van der Waals surface area contributed by atoms with Crippen LogP contribution in [0.2, 0.25) is 0 Å². The van der Waals surface area contributed by atoms with Gasteiger partial charge in [0.2, 0.25) is 0 Å². The van der Waals surface area contributed by atoms with Crippen LogP contribution in [0.25, 0.3) is 0 Å². The SMILES string of the molecule is O=S(=O)([O-])c1ccc(N=Nc2cccc(S(=O)(=O)[O-])c2)cc1.[K+].[K+]. The molecule has 0 aliphatic rings. The summed E-state index contributed by atoms with van der Waals surface area (Å²) in [6.45, 7) is 0. The van der Waals surface area contributed by atoms with Crippen molar-refractivity contribution < 1.29 is 129 Å². The number of rotatable bonds is 4. The number of azo groups is 1. The Hall–Kier alpha value is 1.13. The maximum atomic E-state index is 10.9. The van der Waals surface area contributed by atoms with Crippen LogP contribution in [0.1, 0.15) is 0 Å². The number of nitrogens with zero attached hydrogens (tertiary/aromatic N) is 2. The van der Waals surface area contributed by atoms with Crippen molar-refractivity contribution in [2.75, 3.05) is 0 Å². The van der Waals surface area contributed by atoms with Crippen molar-refractivity contribution in [1.29, 1.82) is 0 Å². The van der Waals surface area contributed by atoms with Gasteiger partial charge in [-0.25, -0.2) is 16.8 Å². The van der Waals surface area contributed by atoms with Crippen LogP contribution >= 0.6 is 0 Å². The molecule has 0 spiro atoms. The quantitative estimate of drug-likeness (QED) is 0.281. The predicted molar refractivity (Wildman–Crippen MR) is 73.0 cm³/mol. The topological polar surface area (TPSA) is 139 Å². The van der Waals surface area contributed by atoms with E-state index in [0.29, 0.717) is 0 Å². The average Bonchev–Trinajstić information content (AvgIpc) is 2.44. The molecule has 12 heteroatoms. The van der Waals surface area contributed by atoms with Crippen molar-refractivity contribution in [2.24, 2.45) is 10.2 Å². The Labute approximate surface area is 224 Å². The number of benzene rings is 2. The standard InChI is InChI=1S/C12H10N2O6S2.2K/c15-21(16,17)11-6-4-9(5-7-11)13-14-10-2-1-3-12(8-10)22(18,19)20;;/h1-8H,(H,15,16,17)(H,18,19,20);;/q;2*+1/p-2. The molecule has 116 valence electrons. The molecule has 0 aliphatic carbocycles. The zero-order chi connectivity index (χ0) is 16.4. The molecule has 0 saturated carbocycles. The minimum atomic E-state index is -4.58. The van der Waals surface area contributed by atoms with E-state index in [1.165, 1.54) is 24.3 Å². The third-order valence-corrected chi connectivity index (χ3v) is 4.19. The molecular formula is C12H8K2N2O6S2. The second-order valence-electron chi connectivity index (χ2n) is 4.10. The average molecular weight is 419 g/mol. The van der Waals surface area contributed by atoms with Gasteiger partial charge in [-0.2, -0.15) is 10.2 Å². The van der Waals surface area contributed by atoms with Gasteiger partial charge >= 0.3 is 103 Å². The predicted octanol–water partition coefficient (Wildman–Crippen LogP) is -4.08. The van der Waals surface area contributed by atoms with Gasteiger partial charge in [0, 0.05) is 0 Å². The third-order valence-electron chi connectivity index (χ3n) is 2.51. The molecule has 0 unspecified atom stereocenters. The van der Waals surface area contributed by atoms with Gasteiger partial charge in [0.15, 0.2) is 0 Å². The minimum Gasteiger partial charge on any atom is -0.744 e. The third kappa shape index (κ3) is 7.79. The van der Waals surface area contributed by atoms with Gasteiger partial charge in [-0.3, -0.25) is 0 Å². The number of hydrogen-bond acceptors (Lipinski definition) is 8. The molecule has 24 heavy (non-hydrogen) atoms.